The zero-order chi connectivity index (χ0) is 20.4. The Kier molecular flexibility index (Phi) is 5.30. The van der Waals surface area contributed by atoms with Gasteiger partial charge in [-0.1, -0.05) is 0 Å². The van der Waals surface area contributed by atoms with Crippen LogP contribution in [0.5, 0.6) is 11.5 Å². The molecule has 10 heteroatoms. The topological polar surface area (TPSA) is 56.3 Å². The van der Waals surface area contributed by atoms with Crippen LogP contribution in [0.3, 0.4) is 0 Å². The van der Waals surface area contributed by atoms with Gasteiger partial charge in [-0.2, -0.15) is 0 Å². The van der Waals surface area contributed by atoms with Crippen LogP contribution in [0.15, 0.2) is 30.5 Å². The summed E-state index contributed by atoms with van der Waals surface area (Å²) < 4.78 is 77.8. The molecule has 0 bridgehead atoms. The number of nitrogens with zero attached hydrogens (tertiary/aromatic N) is 2. The minimum atomic E-state index is -2.25. The van der Waals surface area contributed by atoms with Gasteiger partial charge >= 0.3 is 0 Å². The molecule has 0 saturated carbocycles. The van der Waals surface area contributed by atoms with E-state index in [1.807, 2.05) is 5.32 Å². The molecule has 3 rings (SSSR count). The van der Waals surface area contributed by atoms with Gasteiger partial charge in [0.25, 0.3) is 0 Å². The van der Waals surface area contributed by atoms with Gasteiger partial charge in [0.15, 0.2) is 34.8 Å². The number of benzene rings is 2. The Morgan fingerprint density at radius 3 is 2.00 bits per heavy atom. The lowest BCUT2D eigenvalue weighted by Gasteiger charge is -2.11. The molecule has 0 radical (unpaired) electrons. The van der Waals surface area contributed by atoms with E-state index in [1.54, 1.807) is 18.2 Å². The molecule has 0 aliphatic heterocycles. The molecule has 0 unspecified atom stereocenters. The molecule has 1 N–H and O–H groups in total. The fraction of sp³-hybridized carbons (Fsp3) is 0.111. The van der Waals surface area contributed by atoms with E-state index in [4.69, 9.17) is 9.47 Å². The predicted octanol–water partition coefficient (Wildman–Crippen LogP) is 4.60. The van der Waals surface area contributed by atoms with Gasteiger partial charge in [-0.15, -0.1) is 0 Å². The highest BCUT2D eigenvalue weighted by Gasteiger charge is 2.26. The Bertz CT molecular complexity index is 1020. The highest BCUT2D eigenvalue weighted by atomic mass is 19.2. The van der Waals surface area contributed by atoms with E-state index >= 15 is 0 Å². The molecule has 0 aliphatic carbocycles. The van der Waals surface area contributed by atoms with Crippen molar-refractivity contribution in [2.45, 2.75) is 0 Å². The fourth-order valence-electron chi connectivity index (χ4n) is 2.40. The van der Waals surface area contributed by atoms with E-state index in [2.05, 4.69) is 9.97 Å². The van der Waals surface area contributed by atoms with Gasteiger partial charge in [-0.05, 0) is 24.3 Å². The minimum absolute atomic E-state index is 0.308. The number of ether oxygens (including phenoxy) is 2. The summed E-state index contributed by atoms with van der Waals surface area (Å²) in [4.78, 5) is 7.79. The molecule has 0 amide bonds. The molecular weight excluding hydrogens is 385 g/mol. The molecule has 5 nitrogen and oxygen atoms in total. The smallest absolute Gasteiger partial charge is 0.227 e. The summed E-state index contributed by atoms with van der Waals surface area (Å²) in [5, 5.41) is 2.04. The molecule has 0 atom stereocenters. The van der Waals surface area contributed by atoms with Gasteiger partial charge in [-0.25, -0.2) is 31.9 Å². The Hall–Kier alpha value is -3.43. The number of rotatable bonds is 5. The first-order chi connectivity index (χ1) is 13.4. The molecule has 0 spiro atoms. The average Bonchev–Trinajstić information content (AvgIpc) is 2.73. The van der Waals surface area contributed by atoms with Crippen molar-refractivity contribution in [1.29, 1.82) is 0 Å². The van der Waals surface area contributed by atoms with Crippen molar-refractivity contribution < 1.29 is 31.4 Å². The van der Waals surface area contributed by atoms with Gasteiger partial charge in [0.1, 0.15) is 5.69 Å². The van der Waals surface area contributed by atoms with Crippen LogP contribution in [0.1, 0.15) is 0 Å². The van der Waals surface area contributed by atoms with Crippen LogP contribution in [0.4, 0.5) is 33.6 Å². The van der Waals surface area contributed by atoms with E-state index in [0.29, 0.717) is 22.8 Å². The number of methoxy groups -OCH3 is 2. The van der Waals surface area contributed by atoms with Crippen molar-refractivity contribution in [3.63, 3.8) is 0 Å². The third kappa shape index (κ3) is 3.40. The maximum Gasteiger partial charge on any atom is 0.227 e. The zero-order valence-electron chi connectivity index (χ0n) is 14.5. The first-order valence-electron chi connectivity index (χ1n) is 7.71. The van der Waals surface area contributed by atoms with Gasteiger partial charge in [0.2, 0.25) is 11.8 Å². The largest absolute Gasteiger partial charge is 0.493 e. The quantitative estimate of drug-likeness (QED) is 0.387. The van der Waals surface area contributed by atoms with Crippen molar-refractivity contribution in [2.75, 3.05) is 19.5 Å². The molecule has 3 aromatic rings. The van der Waals surface area contributed by atoms with Gasteiger partial charge in [-0.3, -0.25) is 0 Å². The highest BCUT2D eigenvalue weighted by Crippen LogP contribution is 2.32. The van der Waals surface area contributed by atoms with Crippen molar-refractivity contribution in [3.8, 4) is 22.8 Å². The Balaban J connectivity index is 2.00. The minimum Gasteiger partial charge on any atom is -0.493 e. The van der Waals surface area contributed by atoms with Crippen molar-refractivity contribution >= 4 is 11.6 Å². The molecule has 2 aromatic carbocycles. The van der Waals surface area contributed by atoms with Gasteiger partial charge < -0.3 is 14.8 Å². The number of anilines is 2. The average molecular weight is 397 g/mol. The van der Waals surface area contributed by atoms with E-state index < -0.39 is 34.8 Å². The molecule has 1 aromatic heterocycles. The molecule has 0 aliphatic rings. The summed E-state index contributed by atoms with van der Waals surface area (Å²) in [5.74, 6) is -9.91. The molecule has 1 heterocycles. The summed E-state index contributed by atoms with van der Waals surface area (Å²) in [6.07, 6.45) is 1.26. The summed E-state index contributed by atoms with van der Waals surface area (Å²) >= 11 is 0. The van der Waals surface area contributed by atoms with Crippen LogP contribution in [-0.4, -0.2) is 24.2 Å². The first-order valence-corrected chi connectivity index (χ1v) is 7.71. The molecule has 0 saturated heterocycles. The number of halogens is 5. The third-order valence-electron chi connectivity index (χ3n) is 3.78. The van der Waals surface area contributed by atoms with Crippen LogP contribution in [0.25, 0.3) is 11.3 Å². The fourth-order valence-corrected chi connectivity index (χ4v) is 2.40. The van der Waals surface area contributed by atoms with Crippen LogP contribution in [0, 0.1) is 29.1 Å². The van der Waals surface area contributed by atoms with Gasteiger partial charge in [0, 0.05) is 11.8 Å². The van der Waals surface area contributed by atoms with Crippen LogP contribution in [-0.2, 0) is 0 Å². The molecular formula is C18H12F5N3O2. The van der Waals surface area contributed by atoms with E-state index in [1.165, 1.54) is 26.5 Å². The van der Waals surface area contributed by atoms with Crippen molar-refractivity contribution in [2.24, 2.45) is 0 Å². The van der Waals surface area contributed by atoms with Crippen LogP contribution in [0.2, 0.25) is 0 Å². The monoisotopic (exact) mass is 397 g/mol. The van der Waals surface area contributed by atoms with Gasteiger partial charge in [0.05, 0.1) is 19.9 Å². The second-order valence-electron chi connectivity index (χ2n) is 5.41. The number of hydrogen-bond acceptors (Lipinski definition) is 5. The SMILES string of the molecule is COc1ccc(-c2ccnc(Nc3c(F)c(F)c(F)c(F)c3F)n2)cc1OC. The summed E-state index contributed by atoms with van der Waals surface area (Å²) in [5.41, 5.74) is -0.399. The van der Waals surface area contributed by atoms with E-state index in [9.17, 15) is 22.0 Å². The Morgan fingerprint density at radius 1 is 0.786 bits per heavy atom. The molecule has 0 fully saturated rings. The lowest BCUT2D eigenvalue weighted by atomic mass is 10.1. The zero-order valence-corrected chi connectivity index (χ0v) is 14.5. The maximum atomic E-state index is 13.8. The Labute approximate surface area is 155 Å². The number of aromatic nitrogens is 2. The van der Waals surface area contributed by atoms with E-state index in [0.717, 1.165) is 0 Å². The van der Waals surface area contributed by atoms with Crippen molar-refractivity contribution in [3.05, 3.63) is 59.5 Å². The molecule has 28 heavy (non-hydrogen) atoms. The standard InChI is InChI=1S/C18H12F5N3O2/c1-27-10-4-3-8(7-11(10)28-2)9-5-6-24-18(25-9)26-17-15(22)13(20)12(19)14(21)16(17)23/h3-7H,1-2H3,(H,24,25,26). The summed E-state index contributed by atoms with van der Waals surface area (Å²) in [6.45, 7) is 0. The molecule has 146 valence electrons. The maximum absolute atomic E-state index is 13.8. The summed E-state index contributed by atoms with van der Waals surface area (Å²) in [7, 11) is 2.91. The second kappa shape index (κ2) is 7.67. The van der Waals surface area contributed by atoms with Crippen LogP contribution < -0.4 is 14.8 Å². The summed E-state index contributed by atoms with van der Waals surface area (Å²) in [6, 6.07) is 6.35. The third-order valence-corrected chi connectivity index (χ3v) is 3.78. The second-order valence-corrected chi connectivity index (χ2v) is 5.41. The normalized spacial score (nSPS) is 10.7. The Morgan fingerprint density at radius 2 is 1.39 bits per heavy atom. The lowest BCUT2D eigenvalue weighted by molar-refractivity contribution is 0.355. The lowest BCUT2D eigenvalue weighted by Crippen LogP contribution is -2.08. The number of nitrogens with one attached hydrogen (secondary N) is 1. The van der Waals surface area contributed by atoms with Crippen LogP contribution >= 0.6 is 0 Å². The predicted molar refractivity (Wildman–Crippen MR) is 90.1 cm³/mol. The first kappa shape index (κ1) is 19.3. The highest BCUT2D eigenvalue weighted by molar-refractivity contribution is 5.66. The van der Waals surface area contributed by atoms with Crippen molar-refractivity contribution in [1.82, 2.24) is 9.97 Å². The van der Waals surface area contributed by atoms with E-state index in [-0.39, 0.29) is 5.95 Å². The number of hydrogen-bond donors (Lipinski definition) is 1.